The maximum Gasteiger partial charge on any atom is 0.0723 e. The van der Waals surface area contributed by atoms with Gasteiger partial charge in [-0.05, 0) is 50.0 Å². The summed E-state index contributed by atoms with van der Waals surface area (Å²) in [5.41, 5.74) is 1.55. The van der Waals surface area contributed by atoms with Crippen LogP contribution >= 0.6 is 0 Å². The molecule has 0 amide bonds. The number of nitrogens with one attached hydrogen (secondary N) is 1. The van der Waals surface area contributed by atoms with Crippen molar-refractivity contribution < 1.29 is 14.9 Å². The summed E-state index contributed by atoms with van der Waals surface area (Å²) in [5.74, 6) is 1.76. The van der Waals surface area contributed by atoms with Crippen molar-refractivity contribution in [1.82, 2.24) is 10.2 Å². The van der Waals surface area contributed by atoms with Crippen LogP contribution in [0.1, 0.15) is 58.8 Å². The number of fused-ring (bicyclic) bond motifs is 1. The number of ether oxygens (including phenoxy) is 1. The molecule has 3 aliphatic rings. The second-order valence-corrected chi connectivity index (χ2v) is 10.1. The van der Waals surface area contributed by atoms with E-state index >= 15 is 0 Å². The van der Waals surface area contributed by atoms with Crippen LogP contribution in [0.25, 0.3) is 0 Å². The van der Waals surface area contributed by atoms with E-state index < -0.39 is 0 Å². The highest BCUT2D eigenvalue weighted by molar-refractivity contribution is 5.21. The summed E-state index contributed by atoms with van der Waals surface area (Å²) in [6.07, 6.45) is 13.4. The van der Waals surface area contributed by atoms with Gasteiger partial charge in [-0.2, -0.15) is 0 Å². The van der Waals surface area contributed by atoms with Gasteiger partial charge in [-0.3, -0.25) is 4.90 Å². The topological polar surface area (TPSA) is 65.0 Å². The van der Waals surface area contributed by atoms with Crippen LogP contribution in [0.4, 0.5) is 0 Å². The molecule has 1 saturated carbocycles. The van der Waals surface area contributed by atoms with E-state index in [4.69, 9.17) is 4.74 Å². The van der Waals surface area contributed by atoms with Gasteiger partial charge in [0.1, 0.15) is 0 Å². The minimum absolute atomic E-state index is 0.189. The largest absolute Gasteiger partial charge is 0.392 e. The smallest absolute Gasteiger partial charge is 0.0723 e. The second-order valence-electron chi connectivity index (χ2n) is 10.1. The van der Waals surface area contributed by atoms with Crippen LogP contribution in [0.3, 0.4) is 0 Å². The number of aliphatic hydroxyl groups excluding tert-OH is 2. The van der Waals surface area contributed by atoms with Crippen molar-refractivity contribution in [2.75, 3.05) is 45.9 Å². The molecule has 0 aromatic carbocycles. The summed E-state index contributed by atoms with van der Waals surface area (Å²) >= 11 is 0. The van der Waals surface area contributed by atoms with Crippen molar-refractivity contribution in [2.24, 2.45) is 23.7 Å². The maximum atomic E-state index is 10.6. The van der Waals surface area contributed by atoms with Crippen LogP contribution in [0.2, 0.25) is 0 Å². The first-order valence-electron chi connectivity index (χ1n) is 12.8. The molecule has 2 aliphatic carbocycles. The lowest BCUT2D eigenvalue weighted by Gasteiger charge is -2.26. The fourth-order valence-corrected chi connectivity index (χ4v) is 5.64. The Bertz CT molecular complexity index is 573. The van der Waals surface area contributed by atoms with Crippen LogP contribution in [0.5, 0.6) is 0 Å². The number of hydrogen-bond donors (Lipinski definition) is 3. The zero-order valence-electron chi connectivity index (χ0n) is 19.8. The molecule has 1 saturated heterocycles. The average molecular weight is 435 g/mol. The molecule has 31 heavy (non-hydrogen) atoms. The highest BCUT2D eigenvalue weighted by atomic mass is 16.5. The Morgan fingerprint density at radius 2 is 2.10 bits per heavy atom. The SMILES string of the molecule is CCCC[C@H](C)C[C@H](O)C=C[C@@H]1[C@H]2CC(CCNCCN3CCOCC3)=C[C@H]2C[C@H]1O. The molecule has 0 aromatic heterocycles. The van der Waals surface area contributed by atoms with Gasteiger partial charge in [-0.25, -0.2) is 0 Å². The monoisotopic (exact) mass is 434 g/mol. The zero-order valence-corrected chi connectivity index (χ0v) is 19.8. The van der Waals surface area contributed by atoms with E-state index in [1.807, 2.05) is 6.08 Å². The Kier molecular flexibility index (Phi) is 10.5. The molecule has 0 unspecified atom stereocenters. The predicted octanol–water partition coefficient (Wildman–Crippen LogP) is 3.38. The number of nitrogens with zero attached hydrogens (tertiary/aromatic N) is 1. The van der Waals surface area contributed by atoms with E-state index in [0.29, 0.717) is 17.8 Å². The molecule has 2 fully saturated rings. The predicted molar refractivity (Wildman–Crippen MR) is 127 cm³/mol. The molecule has 178 valence electrons. The number of aliphatic hydroxyl groups is 2. The van der Waals surface area contributed by atoms with Gasteiger partial charge in [0.15, 0.2) is 0 Å². The summed E-state index contributed by atoms with van der Waals surface area (Å²) in [6, 6.07) is 0. The summed E-state index contributed by atoms with van der Waals surface area (Å²) in [7, 11) is 0. The lowest BCUT2D eigenvalue weighted by atomic mass is 9.88. The molecule has 3 N–H and O–H groups in total. The standard InChI is InChI=1S/C26H46N2O3/c1-3-4-5-20(2)16-23(29)6-7-24-25-18-21(17-22(25)19-26(24)30)8-9-27-10-11-28-12-14-31-15-13-28/h6-7,17,20,22-27,29-30H,3-5,8-16,18-19H2,1-2H3/t20-,22-,23+,24+,25-,26+/m0/s1. The normalized spacial score (nSPS) is 31.2. The first-order valence-corrected chi connectivity index (χ1v) is 12.8. The number of morpholine rings is 1. The van der Waals surface area contributed by atoms with Crippen molar-refractivity contribution in [3.05, 3.63) is 23.8 Å². The fourth-order valence-electron chi connectivity index (χ4n) is 5.64. The first-order chi connectivity index (χ1) is 15.1. The molecule has 6 atom stereocenters. The van der Waals surface area contributed by atoms with Crippen molar-refractivity contribution >= 4 is 0 Å². The number of unbranched alkanes of at least 4 members (excludes halogenated alkanes) is 1. The van der Waals surface area contributed by atoms with Crippen LogP contribution in [0.15, 0.2) is 23.8 Å². The number of allylic oxidation sites excluding steroid dienone is 1. The lowest BCUT2D eigenvalue weighted by molar-refractivity contribution is 0.0385. The molecule has 0 spiro atoms. The third-order valence-electron chi connectivity index (χ3n) is 7.53. The highest BCUT2D eigenvalue weighted by Gasteiger charge is 2.43. The summed E-state index contributed by atoms with van der Waals surface area (Å²) in [4.78, 5) is 2.47. The minimum atomic E-state index is -0.386. The van der Waals surface area contributed by atoms with Gasteiger partial charge in [0.05, 0.1) is 25.4 Å². The van der Waals surface area contributed by atoms with Crippen molar-refractivity contribution in [3.8, 4) is 0 Å². The molecule has 5 nitrogen and oxygen atoms in total. The van der Waals surface area contributed by atoms with Gasteiger partial charge < -0.3 is 20.3 Å². The van der Waals surface area contributed by atoms with Crippen molar-refractivity contribution in [2.45, 2.75) is 71.0 Å². The van der Waals surface area contributed by atoms with Gasteiger partial charge in [0.2, 0.25) is 0 Å². The van der Waals surface area contributed by atoms with E-state index in [1.165, 1.54) is 19.3 Å². The second kappa shape index (κ2) is 13.1. The zero-order chi connectivity index (χ0) is 22.1. The van der Waals surface area contributed by atoms with Gasteiger partial charge in [0.25, 0.3) is 0 Å². The van der Waals surface area contributed by atoms with Crippen molar-refractivity contribution in [1.29, 1.82) is 0 Å². The van der Waals surface area contributed by atoms with Gasteiger partial charge >= 0.3 is 0 Å². The van der Waals surface area contributed by atoms with E-state index in [0.717, 1.165) is 71.6 Å². The average Bonchev–Trinajstić information content (AvgIpc) is 3.27. The van der Waals surface area contributed by atoms with Gasteiger partial charge in [-0.15, -0.1) is 0 Å². The summed E-state index contributed by atoms with van der Waals surface area (Å²) < 4.78 is 5.40. The van der Waals surface area contributed by atoms with Crippen molar-refractivity contribution in [3.63, 3.8) is 0 Å². The first kappa shape index (κ1) is 24.9. The molecular formula is C26H46N2O3. The maximum absolute atomic E-state index is 10.6. The fraction of sp³-hybridized carbons (Fsp3) is 0.846. The van der Waals surface area contributed by atoms with Crippen LogP contribution in [-0.2, 0) is 4.74 Å². The Balaban J connectivity index is 1.35. The molecule has 3 rings (SSSR count). The Hall–Kier alpha value is -0.720. The van der Waals surface area contributed by atoms with Crippen LogP contribution in [-0.4, -0.2) is 73.3 Å². The molecule has 1 heterocycles. The van der Waals surface area contributed by atoms with Gasteiger partial charge in [0, 0.05) is 32.1 Å². The Morgan fingerprint density at radius 1 is 1.29 bits per heavy atom. The molecule has 0 aromatic rings. The van der Waals surface area contributed by atoms with Crippen LogP contribution in [0, 0.1) is 23.7 Å². The van der Waals surface area contributed by atoms with E-state index in [1.54, 1.807) is 5.57 Å². The molecule has 0 bridgehead atoms. The van der Waals surface area contributed by atoms with E-state index in [2.05, 4.69) is 36.2 Å². The molecule has 0 radical (unpaired) electrons. The van der Waals surface area contributed by atoms with Gasteiger partial charge in [-0.1, -0.05) is 56.9 Å². The Labute approximate surface area is 189 Å². The third kappa shape index (κ3) is 7.97. The molecule has 1 aliphatic heterocycles. The molecule has 5 heteroatoms. The van der Waals surface area contributed by atoms with E-state index in [9.17, 15) is 10.2 Å². The number of rotatable bonds is 13. The minimum Gasteiger partial charge on any atom is -0.392 e. The lowest BCUT2D eigenvalue weighted by Crippen LogP contribution is -2.40. The number of hydrogen-bond acceptors (Lipinski definition) is 5. The quantitative estimate of drug-likeness (QED) is 0.306. The van der Waals surface area contributed by atoms with E-state index in [-0.39, 0.29) is 18.1 Å². The summed E-state index contributed by atoms with van der Waals surface area (Å²) in [6.45, 7) is 11.5. The molecular weight excluding hydrogens is 388 g/mol. The highest BCUT2D eigenvalue weighted by Crippen LogP contribution is 2.47. The Morgan fingerprint density at radius 3 is 2.87 bits per heavy atom. The third-order valence-corrected chi connectivity index (χ3v) is 7.53. The van der Waals surface area contributed by atoms with Crippen LogP contribution < -0.4 is 5.32 Å². The summed E-state index contributed by atoms with van der Waals surface area (Å²) in [5, 5.41) is 24.6.